The van der Waals surface area contributed by atoms with Crippen LogP contribution in [0.4, 0.5) is 5.69 Å². The quantitative estimate of drug-likeness (QED) is 0.898. The SMILES string of the molecule is CCCNC(C)c1cc(Br)ccc1N1CCOCC1. The molecule has 0 radical (unpaired) electrons. The van der Waals surface area contributed by atoms with Crippen LogP contribution >= 0.6 is 15.9 Å². The fourth-order valence-electron chi connectivity index (χ4n) is 2.44. The zero-order valence-corrected chi connectivity index (χ0v) is 13.4. The summed E-state index contributed by atoms with van der Waals surface area (Å²) in [5, 5.41) is 3.58. The van der Waals surface area contributed by atoms with Gasteiger partial charge in [0.25, 0.3) is 0 Å². The van der Waals surface area contributed by atoms with Gasteiger partial charge in [-0.05, 0) is 43.7 Å². The molecular weight excluding hydrogens is 304 g/mol. The lowest BCUT2D eigenvalue weighted by Crippen LogP contribution is -2.37. The number of nitrogens with zero attached hydrogens (tertiary/aromatic N) is 1. The highest BCUT2D eigenvalue weighted by Gasteiger charge is 2.17. The Labute approximate surface area is 124 Å². The van der Waals surface area contributed by atoms with Crippen molar-refractivity contribution in [3.63, 3.8) is 0 Å². The van der Waals surface area contributed by atoms with Crippen molar-refractivity contribution in [1.29, 1.82) is 0 Å². The summed E-state index contributed by atoms with van der Waals surface area (Å²) in [6.45, 7) is 9.10. The molecule has 2 rings (SSSR count). The first kappa shape index (κ1) is 14.8. The molecule has 19 heavy (non-hydrogen) atoms. The Morgan fingerprint density at radius 3 is 2.79 bits per heavy atom. The van der Waals surface area contributed by atoms with E-state index in [1.165, 1.54) is 11.3 Å². The van der Waals surface area contributed by atoms with Gasteiger partial charge in [-0.1, -0.05) is 22.9 Å². The van der Waals surface area contributed by atoms with Crippen molar-refractivity contribution < 1.29 is 4.74 Å². The van der Waals surface area contributed by atoms with Crippen LogP contribution in [0.2, 0.25) is 0 Å². The Bertz CT molecular complexity index is 405. The molecule has 0 spiro atoms. The molecule has 1 unspecified atom stereocenters. The highest BCUT2D eigenvalue weighted by atomic mass is 79.9. The Balaban J connectivity index is 2.21. The fraction of sp³-hybridized carbons (Fsp3) is 0.600. The van der Waals surface area contributed by atoms with E-state index in [9.17, 15) is 0 Å². The third kappa shape index (κ3) is 3.94. The van der Waals surface area contributed by atoms with Crippen molar-refractivity contribution in [3.8, 4) is 0 Å². The van der Waals surface area contributed by atoms with E-state index in [2.05, 4.69) is 58.2 Å². The Kier molecular flexibility index (Phi) is 5.67. The maximum Gasteiger partial charge on any atom is 0.0642 e. The standard InChI is InChI=1S/C15H23BrN2O/c1-3-6-17-12(2)14-11-13(16)4-5-15(14)18-7-9-19-10-8-18/h4-5,11-12,17H,3,6-10H2,1-2H3. The molecule has 0 saturated carbocycles. The molecule has 1 aromatic carbocycles. The number of rotatable bonds is 5. The van der Waals surface area contributed by atoms with Crippen LogP contribution in [0, 0.1) is 0 Å². The van der Waals surface area contributed by atoms with Gasteiger partial charge in [0, 0.05) is 29.3 Å². The average Bonchev–Trinajstić information content (AvgIpc) is 2.45. The van der Waals surface area contributed by atoms with E-state index in [1.807, 2.05) is 0 Å². The van der Waals surface area contributed by atoms with E-state index in [1.54, 1.807) is 0 Å². The summed E-state index contributed by atoms with van der Waals surface area (Å²) in [5.41, 5.74) is 2.70. The smallest absolute Gasteiger partial charge is 0.0642 e. The fourth-order valence-corrected chi connectivity index (χ4v) is 2.81. The van der Waals surface area contributed by atoms with Gasteiger partial charge in [-0.3, -0.25) is 0 Å². The molecule has 0 aliphatic carbocycles. The van der Waals surface area contributed by atoms with E-state index >= 15 is 0 Å². The summed E-state index contributed by atoms with van der Waals surface area (Å²) in [6.07, 6.45) is 1.16. The summed E-state index contributed by atoms with van der Waals surface area (Å²) in [7, 11) is 0. The largest absolute Gasteiger partial charge is 0.378 e. The zero-order chi connectivity index (χ0) is 13.7. The van der Waals surface area contributed by atoms with E-state index < -0.39 is 0 Å². The monoisotopic (exact) mass is 326 g/mol. The predicted octanol–water partition coefficient (Wildman–Crippen LogP) is 3.35. The highest BCUT2D eigenvalue weighted by Crippen LogP contribution is 2.30. The van der Waals surface area contributed by atoms with Gasteiger partial charge in [0.05, 0.1) is 13.2 Å². The van der Waals surface area contributed by atoms with Gasteiger partial charge in [0.1, 0.15) is 0 Å². The molecule has 1 fully saturated rings. The van der Waals surface area contributed by atoms with Crippen LogP contribution in [0.1, 0.15) is 31.9 Å². The summed E-state index contributed by atoms with van der Waals surface area (Å²) >= 11 is 3.59. The number of ether oxygens (including phenoxy) is 1. The molecule has 1 heterocycles. The number of hydrogen-bond donors (Lipinski definition) is 1. The first-order chi connectivity index (χ1) is 9.22. The van der Waals surface area contributed by atoms with Crippen LogP contribution < -0.4 is 10.2 Å². The molecule has 106 valence electrons. The van der Waals surface area contributed by atoms with Gasteiger partial charge in [-0.2, -0.15) is 0 Å². The van der Waals surface area contributed by atoms with Crippen LogP contribution in [0.3, 0.4) is 0 Å². The second kappa shape index (κ2) is 7.27. The van der Waals surface area contributed by atoms with E-state index in [0.29, 0.717) is 6.04 Å². The average molecular weight is 327 g/mol. The Morgan fingerprint density at radius 1 is 1.37 bits per heavy atom. The lowest BCUT2D eigenvalue weighted by molar-refractivity contribution is 0.122. The Morgan fingerprint density at radius 2 is 2.11 bits per heavy atom. The molecule has 0 bridgehead atoms. The number of halogens is 1. The predicted molar refractivity (Wildman–Crippen MR) is 83.9 cm³/mol. The molecular formula is C15H23BrN2O. The first-order valence-corrected chi connectivity index (χ1v) is 7.87. The molecule has 1 atom stereocenters. The highest BCUT2D eigenvalue weighted by molar-refractivity contribution is 9.10. The van der Waals surface area contributed by atoms with Gasteiger partial charge >= 0.3 is 0 Å². The van der Waals surface area contributed by atoms with E-state index in [4.69, 9.17) is 4.74 Å². The zero-order valence-electron chi connectivity index (χ0n) is 11.8. The summed E-state index contributed by atoms with van der Waals surface area (Å²) < 4.78 is 6.59. The molecule has 0 aromatic heterocycles. The van der Waals surface area contributed by atoms with Crippen molar-refractivity contribution in [2.45, 2.75) is 26.3 Å². The summed E-state index contributed by atoms with van der Waals surface area (Å²) in [4.78, 5) is 2.43. The van der Waals surface area contributed by atoms with Gasteiger partial charge in [0.2, 0.25) is 0 Å². The van der Waals surface area contributed by atoms with Crippen molar-refractivity contribution in [3.05, 3.63) is 28.2 Å². The maximum absolute atomic E-state index is 5.44. The molecule has 1 aliphatic heterocycles. The maximum atomic E-state index is 5.44. The number of nitrogens with one attached hydrogen (secondary N) is 1. The number of benzene rings is 1. The number of anilines is 1. The van der Waals surface area contributed by atoms with Crippen LogP contribution in [0.25, 0.3) is 0 Å². The molecule has 1 aromatic rings. The van der Waals surface area contributed by atoms with Crippen LogP contribution in [0.5, 0.6) is 0 Å². The van der Waals surface area contributed by atoms with Gasteiger partial charge in [0.15, 0.2) is 0 Å². The number of hydrogen-bond acceptors (Lipinski definition) is 3. The lowest BCUT2D eigenvalue weighted by Gasteiger charge is -2.32. The molecule has 0 amide bonds. The molecule has 1 aliphatic rings. The van der Waals surface area contributed by atoms with Crippen LogP contribution in [-0.2, 0) is 4.74 Å². The topological polar surface area (TPSA) is 24.5 Å². The minimum atomic E-state index is 0.371. The normalized spacial score (nSPS) is 17.5. The Hall–Kier alpha value is -0.580. The van der Waals surface area contributed by atoms with Crippen molar-refractivity contribution in [1.82, 2.24) is 5.32 Å². The second-order valence-corrected chi connectivity index (χ2v) is 5.89. The molecule has 3 nitrogen and oxygen atoms in total. The van der Waals surface area contributed by atoms with Crippen molar-refractivity contribution >= 4 is 21.6 Å². The minimum Gasteiger partial charge on any atom is -0.378 e. The van der Waals surface area contributed by atoms with Crippen molar-refractivity contribution in [2.24, 2.45) is 0 Å². The second-order valence-electron chi connectivity index (χ2n) is 4.98. The molecule has 4 heteroatoms. The number of morpholine rings is 1. The lowest BCUT2D eigenvalue weighted by atomic mass is 10.0. The van der Waals surface area contributed by atoms with Crippen LogP contribution in [0.15, 0.2) is 22.7 Å². The van der Waals surface area contributed by atoms with Gasteiger partial charge < -0.3 is 15.0 Å². The van der Waals surface area contributed by atoms with E-state index in [-0.39, 0.29) is 0 Å². The summed E-state index contributed by atoms with van der Waals surface area (Å²) in [5.74, 6) is 0. The van der Waals surface area contributed by atoms with E-state index in [0.717, 1.165) is 43.7 Å². The summed E-state index contributed by atoms with van der Waals surface area (Å²) in [6, 6.07) is 6.95. The third-order valence-electron chi connectivity index (χ3n) is 3.51. The van der Waals surface area contributed by atoms with Crippen molar-refractivity contribution in [2.75, 3.05) is 37.7 Å². The first-order valence-electron chi connectivity index (χ1n) is 7.08. The third-order valence-corrected chi connectivity index (χ3v) is 4.00. The van der Waals surface area contributed by atoms with Crippen LogP contribution in [-0.4, -0.2) is 32.8 Å². The molecule has 1 N–H and O–H groups in total. The van der Waals surface area contributed by atoms with Gasteiger partial charge in [-0.25, -0.2) is 0 Å². The minimum absolute atomic E-state index is 0.371. The molecule has 1 saturated heterocycles. The van der Waals surface area contributed by atoms with Gasteiger partial charge in [-0.15, -0.1) is 0 Å².